The van der Waals surface area contributed by atoms with Gasteiger partial charge in [-0.25, -0.2) is 9.18 Å². The van der Waals surface area contributed by atoms with Gasteiger partial charge in [-0.05, 0) is 25.1 Å². The second kappa shape index (κ2) is 7.85. The van der Waals surface area contributed by atoms with Crippen molar-refractivity contribution in [1.29, 1.82) is 0 Å². The Balaban J connectivity index is 2.10. The highest BCUT2D eigenvalue weighted by atomic mass is 19.1. The summed E-state index contributed by atoms with van der Waals surface area (Å²) in [5.41, 5.74) is -0.486. The largest absolute Gasteiger partial charge is 0.465 e. The molecule has 0 spiro atoms. The van der Waals surface area contributed by atoms with Crippen LogP contribution in [0.1, 0.15) is 28.5 Å². The van der Waals surface area contributed by atoms with E-state index in [4.69, 9.17) is 4.74 Å². The summed E-state index contributed by atoms with van der Waals surface area (Å²) >= 11 is 0. The van der Waals surface area contributed by atoms with Crippen LogP contribution < -0.4 is 5.32 Å². The molecule has 0 aliphatic carbocycles. The molecule has 2 rings (SSSR count). The Bertz CT molecular complexity index is 764. The molecule has 0 radical (unpaired) electrons. The molecule has 132 valence electrons. The number of hydrogen-bond acceptors (Lipinski definition) is 5. The van der Waals surface area contributed by atoms with Gasteiger partial charge in [0.2, 0.25) is 0 Å². The minimum atomic E-state index is -1.47. The third-order valence-electron chi connectivity index (χ3n) is 3.91. The number of nitrogens with one attached hydrogen (secondary N) is 1. The summed E-state index contributed by atoms with van der Waals surface area (Å²) in [5, 5.41) is 2.67. The zero-order valence-corrected chi connectivity index (χ0v) is 14.2. The van der Waals surface area contributed by atoms with E-state index in [0.29, 0.717) is 11.3 Å². The SMILES string of the molecule is COC(=O)c1ccc(CNC(=O)[C@@](C)(OC)c2ccccc2F)nc1. The highest BCUT2D eigenvalue weighted by Gasteiger charge is 2.37. The summed E-state index contributed by atoms with van der Waals surface area (Å²) in [4.78, 5) is 28.0. The zero-order chi connectivity index (χ0) is 18.4. The van der Waals surface area contributed by atoms with Gasteiger partial charge < -0.3 is 14.8 Å². The van der Waals surface area contributed by atoms with Crippen LogP contribution in [0.2, 0.25) is 0 Å². The number of hydrogen-bond donors (Lipinski definition) is 1. The predicted octanol–water partition coefficient (Wildman–Crippen LogP) is 2.19. The Morgan fingerprint density at radius 1 is 1.20 bits per heavy atom. The molecule has 2 aromatic rings. The van der Waals surface area contributed by atoms with Crippen LogP contribution in [-0.4, -0.2) is 31.1 Å². The van der Waals surface area contributed by atoms with E-state index in [1.165, 1.54) is 39.5 Å². The maximum atomic E-state index is 14.0. The topological polar surface area (TPSA) is 77.5 Å². The van der Waals surface area contributed by atoms with Crippen molar-refractivity contribution in [3.05, 3.63) is 65.2 Å². The minimum Gasteiger partial charge on any atom is -0.465 e. The number of nitrogens with zero attached hydrogens (tertiary/aromatic N) is 1. The Morgan fingerprint density at radius 3 is 2.48 bits per heavy atom. The summed E-state index contributed by atoms with van der Waals surface area (Å²) < 4.78 is 23.9. The summed E-state index contributed by atoms with van der Waals surface area (Å²) in [5.74, 6) is -1.52. The molecule has 0 saturated heterocycles. The number of benzene rings is 1. The van der Waals surface area contributed by atoms with Gasteiger partial charge in [0.1, 0.15) is 5.82 Å². The van der Waals surface area contributed by atoms with Crippen molar-refractivity contribution in [2.45, 2.75) is 19.1 Å². The minimum absolute atomic E-state index is 0.105. The standard InChI is InChI=1S/C18H19FN2O4/c1-18(25-3,14-6-4-5-7-15(14)19)17(23)21-11-13-9-8-12(10-20-13)16(22)24-2/h4-10H,11H2,1-3H3,(H,21,23)/t18-/m0/s1. The predicted molar refractivity (Wildman–Crippen MR) is 88.2 cm³/mol. The molecule has 1 aromatic carbocycles. The maximum absolute atomic E-state index is 14.0. The number of carbonyl (C=O) groups excluding carboxylic acids is 2. The second-order valence-electron chi connectivity index (χ2n) is 5.43. The van der Waals surface area contributed by atoms with Crippen LogP contribution in [0.3, 0.4) is 0 Å². The lowest BCUT2D eigenvalue weighted by molar-refractivity contribution is -0.143. The van der Waals surface area contributed by atoms with E-state index in [1.54, 1.807) is 24.3 Å². The van der Waals surface area contributed by atoms with E-state index in [2.05, 4.69) is 15.0 Å². The average Bonchev–Trinajstić information content (AvgIpc) is 2.65. The second-order valence-corrected chi connectivity index (χ2v) is 5.43. The molecule has 1 aromatic heterocycles. The van der Waals surface area contributed by atoms with Crippen molar-refractivity contribution < 1.29 is 23.5 Å². The number of rotatable bonds is 6. The first-order chi connectivity index (χ1) is 11.9. The lowest BCUT2D eigenvalue weighted by atomic mass is 9.94. The number of halogens is 1. The number of ether oxygens (including phenoxy) is 2. The Morgan fingerprint density at radius 2 is 1.92 bits per heavy atom. The first-order valence-electron chi connectivity index (χ1n) is 7.54. The van der Waals surface area contributed by atoms with E-state index >= 15 is 0 Å². The van der Waals surface area contributed by atoms with Crippen LogP contribution in [0.15, 0.2) is 42.6 Å². The Hall–Kier alpha value is -2.80. The number of pyridine rings is 1. The molecule has 7 heteroatoms. The van der Waals surface area contributed by atoms with Gasteiger partial charge in [-0.15, -0.1) is 0 Å². The van der Waals surface area contributed by atoms with Crippen molar-refractivity contribution in [3.63, 3.8) is 0 Å². The van der Waals surface area contributed by atoms with Gasteiger partial charge in [0.15, 0.2) is 5.60 Å². The highest BCUT2D eigenvalue weighted by Crippen LogP contribution is 2.27. The average molecular weight is 346 g/mol. The first kappa shape index (κ1) is 18.5. The third-order valence-corrected chi connectivity index (χ3v) is 3.91. The fourth-order valence-corrected chi connectivity index (χ4v) is 2.28. The number of esters is 1. The molecule has 6 nitrogen and oxygen atoms in total. The zero-order valence-electron chi connectivity index (χ0n) is 14.2. The van der Waals surface area contributed by atoms with Gasteiger partial charge >= 0.3 is 5.97 Å². The molecule has 1 N–H and O–H groups in total. The van der Waals surface area contributed by atoms with E-state index < -0.39 is 23.3 Å². The van der Waals surface area contributed by atoms with Gasteiger partial charge in [0.25, 0.3) is 5.91 Å². The van der Waals surface area contributed by atoms with E-state index in [-0.39, 0.29) is 12.1 Å². The molecular formula is C18H19FN2O4. The number of amides is 1. The molecule has 1 heterocycles. The number of methoxy groups -OCH3 is 2. The Labute approximate surface area is 145 Å². The fraction of sp³-hybridized carbons (Fsp3) is 0.278. The van der Waals surface area contributed by atoms with Gasteiger partial charge in [0, 0.05) is 18.9 Å². The van der Waals surface area contributed by atoms with Crippen LogP contribution in [0, 0.1) is 5.82 Å². The maximum Gasteiger partial charge on any atom is 0.339 e. The van der Waals surface area contributed by atoms with Crippen molar-refractivity contribution in [2.24, 2.45) is 0 Å². The highest BCUT2D eigenvalue weighted by molar-refractivity contribution is 5.89. The van der Waals surface area contributed by atoms with Crippen LogP contribution in [0.4, 0.5) is 4.39 Å². The molecule has 0 fully saturated rings. The quantitative estimate of drug-likeness (QED) is 0.811. The summed E-state index contributed by atoms with van der Waals surface area (Å²) in [6, 6.07) is 9.09. The van der Waals surface area contributed by atoms with Crippen LogP contribution in [0.25, 0.3) is 0 Å². The molecule has 0 aliphatic heterocycles. The molecule has 0 saturated carbocycles. The number of aromatic nitrogens is 1. The molecule has 1 amide bonds. The molecule has 0 unspecified atom stereocenters. The van der Waals surface area contributed by atoms with Crippen LogP contribution in [-0.2, 0) is 26.4 Å². The number of carbonyl (C=O) groups is 2. The molecule has 0 aliphatic rings. The lowest BCUT2D eigenvalue weighted by Gasteiger charge is -2.27. The van der Waals surface area contributed by atoms with Gasteiger partial charge in [-0.1, -0.05) is 18.2 Å². The smallest absolute Gasteiger partial charge is 0.339 e. The van der Waals surface area contributed by atoms with Crippen molar-refractivity contribution >= 4 is 11.9 Å². The van der Waals surface area contributed by atoms with Crippen molar-refractivity contribution in [2.75, 3.05) is 14.2 Å². The van der Waals surface area contributed by atoms with Crippen LogP contribution in [0.5, 0.6) is 0 Å². The summed E-state index contributed by atoms with van der Waals surface area (Å²) in [6.45, 7) is 1.60. The summed E-state index contributed by atoms with van der Waals surface area (Å²) in [6.07, 6.45) is 1.36. The molecular weight excluding hydrogens is 327 g/mol. The fourth-order valence-electron chi connectivity index (χ4n) is 2.28. The molecule has 0 bridgehead atoms. The van der Waals surface area contributed by atoms with Gasteiger partial charge in [-0.2, -0.15) is 0 Å². The first-order valence-corrected chi connectivity index (χ1v) is 7.54. The van der Waals surface area contributed by atoms with Crippen molar-refractivity contribution in [1.82, 2.24) is 10.3 Å². The van der Waals surface area contributed by atoms with Gasteiger partial charge in [0.05, 0.1) is 24.9 Å². The van der Waals surface area contributed by atoms with Crippen molar-refractivity contribution in [3.8, 4) is 0 Å². The summed E-state index contributed by atoms with van der Waals surface area (Å²) in [7, 11) is 2.63. The lowest BCUT2D eigenvalue weighted by Crippen LogP contribution is -2.44. The van der Waals surface area contributed by atoms with E-state index in [1.807, 2.05) is 0 Å². The normalized spacial score (nSPS) is 13.0. The van der Waals surface area contributed by atoms with E-state index in [9.17, 15) is 14.0 Å². The third kappa shape index (κ3) is 4.00. The van der Waals surface area contributed by atoms with Gasteiger partial charge in [-0.3, -0.25) is 9.78 Å². The monoisotopic (exact) mass is 346 g/mol. The molecule has 25 heavy (non-hydrogen) atoms. The molecule has 1 atom stereocenters. The van der Waals surface area contributed by atoms with E-state index in [0.717, 1.165) is 0 Å². The Kier molecular flexibility index (Phi) is 5.82. The van der Waals surface area contributed by atoms with Crippen LogP contribution >= 0.6 is 0 Å².